The first-order valence-corrected chi connectivity index (χ1v) is 6.91. The topological polar surface area (TPSA) is 67.4 Å². The number of amides is 2. The third kappa shape index (κ3) is 4.33. The molecule has 0 aliphatic carbocycles. The lowest BCUT2D eigenvalue weighted by Crippen LogP contribution is -2.39. The van der Waals surface area contributed by atoms with E-state index in [1.165, 1.54) is 0 Å². The first-order valence-electron chi connectivity index (χ1n) is 6.11. The molecule has 6 heteroatoms. The van der Waals surface area contributed by atoms with E-state index in [1.54, 1.807) is 18.2 Å². The third-order valence-electron chi connectivity index (χ3n) is 2.80. The summed E-state index contributed by atoms with van der Waals surface area (Å²) in [7, 11) is 0. The molecule has 1 aliphatic heterocycles. The van der Waals surface area contributed by atoms with Crippen molar-refractivity contribution in [3.8, 4) is 0 Å². The molecule has 2 N–H and O–H groups in total. The van der Waals surface area contributed by atoms with Crippen LogP contribution in [0.4, 0.5) is 5.69 Å². The van der Waals surface area contributed by atoms with Crippen LogP contribution in [0.15, 0.2) is 28.7 Å². The first kappa shape index (κ1) is 14.0. The highest BCUT2D eigenvalue weighted by Crippen LogP contribution is 2.15. The largest absolute Gasteiger partial charge is 0.376 e. The summed E-state index contributed by atoms with van der Waals surface area (Å²) in [5, 5.41) is 5.11. The minimum Gasteiger partial charge on any atom is -0.376 e. The molecule has 5 nitrogen and oxygen atoms in total. The molecule has 0 spiro atoms. The maximum Gasteiger partial charge on any atom is 0.313 e. The van der Waals surface area contributed by atoms with Gasteiger partial charge in [0.25, 0.3) is 0 Å². The summed E-state index contributed by atoms with van der Waals surface area (Å²) in [6.45, 7) is 1.11. The number of rotatable bonds is 3. The van der Waals surface area contributed by atoms with Gasteiger partial charge in [0, 0.05) is 23.3 Å². The molecule has 2 amide bonds. The summed E-state index contributed by atoms with van der Waals surface area (Å²) < 4.78 is 6.20. The number of ether oxygens (including phenoxy) is 1. The van der Waals surface area contributed by atoms with Gasteiger partial charge in [-0.05, 0) is 31.0 Å². The Morgan fingerprint density at radius 3 is 2.89 bits per heavy atom. The van der Waals surface area contributed by atoms with Crippen LogP contribution in [0.25, 0.3) is 0 Å². The quantitative estimate of drug-likeness (QED) is 0.830. The van der Waals surface area contributed by atoms with Crippen LogP contribution in [0.5, 0.6) is 0 Å². The highest BCUT2D eigenvalue weighted by atomic mass is 79.9. The first-order chi connectivity index (χ1) is 9.15. The summed E-state index contributed by atoms with van der Waals surface area (Å²) in [6.07, 6.45) is 1.96. The second-order valence-corrected chi connectivity index (χ2v) is 5.23. The summed E-state index contributed by atoms with van der Waals surface area (Å²) >= 11 is 3.30. The molecule has 1 atom stereocenters. The average molecular weight is 327 g/mol. The number of benzene rings is 1. The van der Waals surface area contributed by atoms with Gasteiger partial charge in [-0.15, -0.1) is 0 Å². The van der Waals surface area contributed by atoms with E-state index in [9.17, 15) is 9.59 Å². The smallest absolute Gasteiger partial charge is 0.313 e. The zero-order chi connectivity index (χ0) is 13.7. The van der Waals surface area contributed by atoms with E-state index in [-0.39, 0.29) is 6.10 Å². The SMILES string of the molecule is O=C(NCC1CCCO1)C(=O)Nc1cccc(Br)c1. The van der Waals surface area contributed by atoms with Crippen molar-refractivity contribution >= 4 is 33.4 Å². The van der Waals surface area contributed by atoms with Crippen LogP contribution in [0.3, 0.4) is 0 Å². The molecule has 1 unspecified atom stereocenters. The molecule has 1 saturated heterocycles. The summed E-state index contributed by atoms with van der Waals surface area (Å²) in [5.41, 5.74) is 0.576. The second kappa shape index (κ2) is 6.68. The number of nitrogens with one attached hydrogen (secondary N) is 2. The Hall–Kier alpha value is -1.40. The van der Waals surface area contributed by atoms with Crippen molar-refractivity contribution in [1.82, 2.24) is 5.32 Å². The van der Waals surface area contributed by atoms with Gasteiger partial charge in [0.2, 0.25) is 0 Å². The van der Waals surface area contributed by atoms with E-state index in [1.807, 2.05) is 6.07 Å². The molecule has 1 aromatic rings. The molecule has 19 heavy (non-hydrogen) atoms. The molecular formula is C13H15BrN2O3. The number of hydrogen-bond donors (Lipinski definition) is 2. The molecule has 102 valence electrons. The monoisotopic (exact) mass is 326 g/mol. The Kier molecular flexibility index (Phi) is 4.93. The Balaban J connectivity index is 1.80. The number of halogens is 1. The molecule has 1 fully saturated rings. The van der Waals surface area contributed by atoms with E-state index in [2.05, 4.69) is 26.6 Å². The van der Waals surface area contributed by atoms with Crippen LogP contribution in [0, 0.1) is 0 Å². The Morgan fingerprint density at radius 1 is 1.37 bits per heavy atom. The van der Waals surface area contributed by atoms with Gasteiger partial charge in [0.05, 0.1) is 6.10 Å². The zero-order valence-electron chi connectivity index (χ0n) is 10.3. The lowest BCUT2D eigenvalue weighted by molar-refractivity contribution is -0.136. The van der Waals surface area contributed by atoms with E-state index in [4.69, 9.17) is 4.74 Å². The van der Waals surface area contributed by atoms with E-state index in [0.29, 0.717) is 12.2 Å². The molecule has 1 heterocycles. The van der Waals surface area contributed by atoms with Gasteiger partial charge in [-0.25, -0.2) is 0 Å². The molecule has 0 radical (unpaired) electrons. The van der Waals surface area contributed by atoms with Crippen molar-refractivity contribution in [2.45, 2.75) is 18.9 Å². The second-order valence-electron chi connectivity index (χ2n) is 4.31. The van der Waals surface area contributed by atoms with Crippen molar-refractivity contribution in [3.05, 3.63) is 28.7 Å². The van der Waals surface area contributed by atoms with Gasteiger partial charge < -0.3 is 15.4 Å². The zero-order valence-corrected chi connectivity index (χ0v) is 11.9. The molecule has 0 bridgehead atoms. The van der Waals surface area contributed by atoms with E-state index in [0.717, 1.165) is 23.9 Å². The Bertz CT molecular complexity index is 473. The van der Waals surface area contributed by atoms with Crippen LogP contribution >= 0.6 is 15.9 Å². The molecule has 1 aliphatic rings. The van der Waals surface area contributed by atoms with Gasteiger partial charge in [0.15, 0.2) is 0 Å². The highest BCUT2D eigenvalue weighted by Gasteiger charge is 2.19. The van der Waals surface area contributed by atoms with Gasteiger partial charge in [-0.3, -0.25) is 9.59 Å². The maximum atomic E-state index is 11.6. The van der Waals surface area contributed by atoms with Crippen molar-refractivity contribution in [3.63, 3.8) is 0 Å². The fraction of sp³-hybridized carbons (Fsp3) is 0.385. The van der Waals surface area contributed by atoms with Crippen LogP contribution in [0.2, 0.25) is 0 Å². The number of anilines is 1. The molecule has 0 saturated carbocycles. The van der Waals surface area contributed by atoms with Crippen LogP contribution in [-0.2, 0) is 14.3 Å². The molecule has 0 aromatic heterocycles. The normalized spacial score (nSPS) is 18.1. The van der Waals surface area contributed by atoms with Crippen molar-refractivity contribution in [2.24, 2.45) is 0 Å². The Labute approximate surface area is 119 Å². The summed E-state index contributed by atoms with van der Waals surface area (Å²) in [6, 6.07) is 7.07. The minimum atomic E-state index is -0.670. The molecule has 2 rings (SSSR count). The van der Waals surface area contributed by atoms with E-state index < -0.39 is 11.8 Å². The summed E-state index contributed by atoms with van der Waals surface area (Å²) in [5.74, 6) is -1.31. The fourth-order valence-corrected chi connectivity index (χ4v) is 2.25. The predicted molar refractivity (Wildman–Crippen MR) is 74.8 cm³/mol. The highest BCUT2D eigenvalue weighted by molar-refractivity contribution is 9.10. The maximum absolute atomic E-state index is 11.6. The predicted octanol–water partition coefficient (Wildman–Crippen LogP) is 1.68. The van der Waals surface area contributed by atoms with Crippen LogP contribution in [-0.4, -0.2) is 31.1 Å². The van der Waals surface area contributed by atoms with Crippen LogP contribution in [0.1, 0.15) is 12.8 Å². The minimum absolute atomic E-state index is 0.0302. The van der Waals surface area contributed by atoms with E-state index >= 15 is 0 Å². The van der Waals surface area contributed by atoms with Crippen molar-refractivity contribution in [2.75, 3.05) is 18.5 Å². The van der Waals surface area contributed by atoms with Gasteiger partial charge in [0.1, 0.15) is 0 Å². The lowest BCUT2D eigenvalue weighted by Gasteiger charge is -2.10. The summed E-state index contributed by atoms with van der Waals surface area (Å²) in [4.78, 5) is 23.2. The van der Waals surface area contributed by atoms with Crippen LogP contribution < -0.4 is 10.6 Å². The van der Waals surface area contributed by atoms with Crippen molar-refractivity contribution < 1.29 is 14.3 Å². The number of hydrogen-bond acceptors (Lipinski definition) is 3. The standard InChI is InChI=1S/C13H15BrN2O3/c14-9-3-1-4-10(7-9)16-13(18)12(17)15-8-11-5-2-6-19-11/h1,3-4,7,11H,2,5-6,8H2,(H,15,17)(H,16,18). The van der Waals surface area contributed by atoms with Gasteiger partial charge in [-0.1, -0.05) is 22.0 Å². The molecule has 1 aromatic carbocycles. The number of carbonyl (C=O) groups is 2. The van der Waals surface area contributed by atoms with Gasteiger partial charge >= 0.3 is 11.8 Å². The lowest BCUT2D eigenvalue weighted by atomic mass is 10.2. The average Bonchev–Trinajstić information content (AvgIpc) is 2.89. The number of carbonyl (C=O) groups excluding carboxylic acids is 2. The Morgan fingerprint density at radius 2 is 2.21 bits per heavy atom. The fourth-order valence-electron chi connectivity index (χ4n) is 1.85. The molecular weight excluding hydrogens is 312 g/mol. The van der Waals surface area contributed by atoms with Crippen molar-refractivity contribution in [1.29, 1.82) is 0 Å². The van der Waals surface area contributed by atoms with Gasteiger partial charge in [-0.2, -0.15) is 0 Å². The third-order valence-corrected chi connectivity index (χ3v) is 3.30.